The minimum absolute atomic E-state index is 0.365. The molecule has 1 heterocycles. The summed E-state index contributed by atoms with van der Waals surface area (Å²) in [6.45, 7) is 0.622. The van der Waals surface area contributed by atoms with Crippen molar-refractivity contribution in [1.82, 2.24) is 4.98 Å². The van der Waals surface area contributed by atoms with Crippen molar-refractivity contribution in [2.45, 2.75) is 44.6 Å². The summed E-state index contributed by atoms with van der Waals surface area (Å²) in [4.78, 5) is 17.9. The molecule has 0 unspecified atom stereocenters. The van der Waals surface area contributed by atoms with Crippen LogP contribution in [0.3, 0.4) is 0 Å². The van der Waals surface area contributed by atoms with Gasteiger partial charge in [0, 0.05) is 37.9 Å². The van der Waals surface area contributed by atoms with Gasteiger partial charge in [-0.2, -0.15) is 0 Å². The first kappa shape index (κ1) is 22.0. The van der Waals surface area contributed by atoms with Crippen molar-refractivity contribution in [1.29, 1.82) is 0 Å². The van der Waals surface area contributed by atoms with Crippen LogP contribution in [0.5, 0.6) is 0 Å². The molecule has 5 nitrogen and oxygen atoms in total. The lowest BCUT2D eigenvalue weighted by Gasteiger charge is -2.28. The molecule has 166 valence electrons. The molecule has 1 atom stereocenters. The molecule has 1 aliphatic carbocycles. The van der Waals surface area contributed by atoms with Gasteiger partial charge in [-0.1, -0.05) is 18.2 Å². The highest BCUT2D eigenvalue weighted by Crippen LogP contribution is 2.37. The Morgan fingerprint density at radius 3 is 2.69 bits per heavy atom. The number of nitrogens with zero attached hydrogens (tertiary/aromatic N) is 2. The predicted octanol–water partition coefficient (Wildman–Crippen LogP) is 5.75. The van der Waals surface area contributed by atoms with Crippen LogP contribution < -0.4 is 4.90 Å². The molecule has 5 heteroatoms. The van der Waals surface area contributed by atoms with Gasteiger partial charge in [0.15, 0.2) is 0 Å². The lowest BCUT2D eigenvalue weighted by atomic mass is 9.79. The van der Waals surface area contributed by atoms with Gasteiger partial charge in [-0.3, -0.25) is 4.98 Å². The maximum absolute atomic E-state index is 11.5. The van der Waals surface area contributed by atoms with Gasteiger partial charge in [0.05, 0.1) is 12.2 Å². The van der Waals surface area contributed by atoms with Crippen molar-refractivity contribution in [3.05, 3.63) is 88.7 Å². The number of ether oxygens (including phenoxy) is 1. The molecule has 1 aromatic heterocycles. The first-order valence-electron chi connectivity index (χ1n) is 11.2. The first-order valence-corrected chi connectivity index (χ1v) is 11.2. The van der Waals surface area contributed by atoms with Crippen LogP contribution in [0.1, 0.15) is 57.8 Å². The summed E-state index contributed by atoms with van der Waals surface area (Å²) in [6, 6.07) is 16.8. The predicted molar refractivity (Wildman–Crippen MR) is 127 cm³/mol. The van der Waals surface area contributed by atoms with Crippen LogP contribution in [0.2, 0.25) is 0 Å². The number of methoxy groups -OCH3 is 1. The normalized spacial score (nSPS) is 15.2. The van der Waals surface area contributed by atoms with Gasteiger partial charge in [0.25, 0.3) is 0 Å². The molecule has 1 N–H and O–H groups in total. The van der Waals surface area contributed by atoms with Gasteiger partial charge in [0.1, 0.15) is 0 Å². The lowest BCUT2D eigenvalue weighted by Crippen LogP contribution is -2.14. The number of carbonyl (C=O) groups is 1. The molecule has 4 rings (SSSR count). The summed E-state index contributed by atoms with van der Waals surface area (Å²) in [7, 11) is 3.81. The maximum Gasteiger partial charge on any atom is 0.336 e. The third-order valence-electron chi connectivity index (χ3n) is 6.48. The number of carboxylic acids is 1. The quantitative estimate of drug-likeness (QED) is 0.493. The van der Waals surface area contributed by atoms with Crippen molar-refractivity contribution < 1.29 is 14.6 Å². The molecule has 0 bridgehead atoms. The highest BCUT2D eigenvalue weighted by Gasteiger charge is 2.22. The fourth-order valence-electron chi connectivity index (χ4n) is 4.71. The van der Waals surface area contributed by atoms with E-state index in [9.17, 15) is 9.90 Å². The van der Waals surface area contributed by atoms with Gasteiger partial charge >= 0.3 is 5.97 Å². The molecule has 0 amide bonds. The number of hydrogen-bond acceptors (Lipinski definition) is 4. The van der Waals surface area contributed by atoms with Gasteiger partial charge in [-0.25, -0.2) is 4.79 Å². The summed E-state index contributed by atoms with van der Waals surface area (Å²) < 4.78 is 5.21. The number of hydrogen-bond donors (Lipinski definition) is 1. The average molecular weight is 431 g/mol. The molecule has 0 aliphatic heterocycles. The van der Waals surface area contributed by atoms with Crippen LogP contribution in [-0.2, 0) is 24.2 Å². The van der Waals surface area contributed by atoms with E-state index in [2.05, 4.69) is 59.4 Å². The van der Waals surface area contributed by atoms with Crippen molar-refractivity contribution >= 4 is 17.3 Å². The Bertz CT molecular complexity index is 1080. The molecule has 0 spiro atoms. The van der Waals surface area contributed by atoms with Gasteiger partial charge in [0.2, 0.25) is 0 Å². The number of carboxylic acid groups (broad SMARTS) is 1. The van der Waals surface area contributed by atoms with Crippen LogP contribution >= 0.6 is 0 Å². The smallest absolute Gasteiger partial charge is 0.336 e. The second-order valence-electron chi connectivity index (χ2n) is 8.51. The molecule has 0 saturated heterocycles. The van der Waals surface area contributed by atoms with Crippen LogP contribution in [0, 0.1) is 0 Å². The number of fused-ring (bicyclic) bond motifs is 1. The second kappa shape index (κ2) is 9.96. The van der Waals surface area contributed by atoms with E-state index in [1.54, 1.807) is 25.6 Å². The minimum atomic E-state index is -0.880. The number of benzene rings is 2. The third kappa shape index (κ3) is 4.83. The Balaban J connectivity index is 1.49. The van der Waals surface area contributed by atoms with Crippen molar-refractivity contribution in [3.63, 3.8) is 0 Å². The minimum Gasteiger partial charge on any atom is -0.478 e. The van der Waals surface area contributed by atoms with E-state index >= 15 is 0 Å². The molecule has 0 fully saturated rings. The third-order valence-corrected chi connectivity index (χ3v) is 6.48. The number of aromatic nitrogens is 1. The summed E-state index contributed by atoms with van der Waals surface area (Å²) >= 11 is 0. The highest BCUT2D eigenvalue weighted by molar-refractivity contribution is 5.89. The summed E-state index contributed by atoms with van der Waals surface area (Å²) in [6.07, 6.45) is 8.31. The molecule has 3 aromatic rings. The Morgan fingerprint density at radius 1 is 1.16 bits per heavy atom. The van der Waals surface area contributed by atoms with E-state index in [0.29, 0.717) is 18.1 Å². The lowest BCUT2D eigenvalue weighted by molar-refractivity contribution is 0.0695. The van der Waals surface area contributed by atoms with Crippen LogP contribution in [-0.4, -0.2) is 30.2 Å². The van der Waals surface area contributed by atoms with E-state index in [1.165, 1.54) is 16.8 Å². The van der Waals surface area contributed by atoms with Gasteiger partial charge in [-0.15, -0.1) is 0 Å². The summed E-state index contributed by atoms with van der Waals surface area (Å²) in [5.74, 6) is -0.428. The SMILES string of the molecule is COCc1ccc(N(C)c2ccc3c(c2)CCC[C@H]3CCc2cnccc2C(=O)O)cc1. The van der Waals surface area contributed by atoms with Crippen LogP contribution in [0.15, 0.2) is 60.9 Å². The standard InChI is InChI=1S/C27H30N2O3/c1-29(23-10-6-19(7-11-23)18-32-2)24-12-13-25-20(4-3-5-21(25)16-24)8-9-22-17-28-15-14-26(22)27(30)31/h6-7,10-17,20H,3-5,8-9,18H2,1-2H3,(H,30,31)/t20-/m0/s1. The van der Waals surface area contributed by atoms with Crippen molar-refractivity contribution in [2.24, 2.45) is 0 Å². The van der Waals surface area contributed by atoms with E-state index in [-0.39, 0.29) is 0 Å². The van der Waals surface area contributed by atoms with Crippen molar-refractivity contribution in [2.75, 3.05) is 19.1 Å². The number of aryl methyl sites for hydroxylation is 2. The topological polar surface area (TPSA) is 62.7 Å². The second-order valence-corrected chi connectivity index (χ2v) is 8.51. The number of pyridine rings is 1. The molecular weight excluding hydrogens is 400 g/mol. The highest BCUT2D eigenvalue weighted by atomic mass is 16.5. The zero-order valence-electron chi connectivity index (χ0n) is 18.8. The maximum atomic E-state index is 11.5. The van der Waals surface area contributed by atoms with E-state index in [4.69, 9.17) is 4.74 Å². The van der Waals surface area contributed by atoms with Crippen molar-refractivity contribution in [3.8, 4) is 0 Å². The van der Waals surface area contributed by atoms with E-state index < -0.39 is 5.97 Å². The van der Waals surface area contributed by atoms with E-state index in [1.807, 2.05) is 0 Å². The number of anilines is 2. The number of rotatable bonds is 8. The zero-order chi connectivity index (χ0) is 22.5. The Kier molecular flexibility index (Phi) is 6.86. The van der Waals surface area contributed by atoms with Crippen LogP contribution in [0.4, 0.5) is 11.4 Å². The van der Waals surface area contributed by atoms with Crippen LogP contribution in [0.25, 0.3) is 0 Å². The molecular formula is C27H30N2O3. The fraction of sp³-hybridized carbons (Fsp3) is 0.333. The Labute approximate surface area is 189 Å². The molecule has 32 heavy (non-hydrogen) atoms. The van der Waals surface area contributed by atoms with Gasteiger partial charge < -0.3 is 14.7 Å². The monoisotopic (exact) mass is 430 g/mol. The molecule has 0 radical (unpaired) electrons. The largest absolute Gasteiger partial charge is 0.478 e. The average Bonchev–Trinajstić information content (AvgIpc) is 2.82. The first-order chi connectivity index (χ1) is 15.6. The summed E-state index contributed by atoms with van der Waals surface area (Å²) in [5, 5.41) is 9.44. The van der Waals surface area contributed by atoms with Gasteiger partial charge in [-0.05, 0) is 90.6 Å². The molecule has 0 saturated carbocycles. The molecule has 1 aliphatic rings. The Hall–Kier alpha value is -3.18. The number of aromatic carboxylic acids is 1. The Morgan fingerprint density at radius 2 is 1.94 bits per heavy atom. The zero-order valence-corrected chi connectivity index (χ0v) is 18.8. The summed E-state index contributed by atoms with van der Waals surface area (Å²) in [5.41, 5.74) is 7.50. The van der Waals surface area contributed by atoms with E-state index in [0.717, 1.165) is 48.9 Å². The fourth-order valence-corrected chi connectivity index (χ4v) is 4.71. The molecule has 2 aromatic carbocycles.